The van der Waals surface area contributed by atoms with Crippen LogP contribution in [-0.4, -0.2) is 34.0 Å². The van der Waals surface area contributed by atoms with E-state index in [1.807, 2.05) is 18.2 Å². The van der Waals surface area contributed by atoms with Crippen LogP contribution in [0.2, 0.25) is 0 Å². The molecule has 2 aromatic carbocycles. The number of nitrogens with zero attached hydrogens (tertiary/aromatic N) is 3. The van der Waals surface area contributed by atoms with E-state index in [9.17, 15) is 9.59 Å². The molecule has 0 fully saturated rings. The highest BCUT2D eigenvalue weighted by atomic mass is 16.6. The summed E-state index contributed by atoms with van der Waals surface area (Å²) in [5.41, 5.74) is 3.27. The maximum atomic E-state index is 12.1. The number of nitrogens with one attached hydrogen (secondary N) is 3. The fraction of sp³-hybridized carbons (Fsp3) is 0.0556. The zero-order valence-electron chi connectivity index (χ0n) is 14.7. The molecule has 3 N–H and O–H groups in total. The van der Waals surface area contributed by atoms with E-state index in [1.54, 1.807) is 36.4 Å². The standard InChI is InChI=1S/C18H16N6O4/c1-27-24-16(25)15-19-11-20-18(23-15)28-14-9-5-8-13(10-14)22-17(26)21-12-6-3-2-4-7-12/h2-11H,1H3,(H,24,25)(H2,21,22,26). The van der Waals surface area contributed by atoms with E-state index in [1.165, 1.54) is 7.11 Å². The lowest BCUT2D eigenvalue weighted by Crippen LogP contribution is -2.24. The monoisotopic (exact) mass is 380 g/mol. The van der Waals surface area contributed by atoms with E-state index in [2.05, 4.69) is 35.9 Å². The van der Waals surface area contributed by atoms with Crippen LogP contribution in [0.15, 0.2) is 60.9 Å². The number of benzene rings is 2. The molecule has 10 heteroatoms. The van der Waals surface area contributed by atoms with Crippen molar-refractivity contribution in [3.05, 3.63) is 66.7 Å². The number of aromatic nitrogens is 3. The Hall–Kier alpha value is -4.05. The zero-order chi connectivity index (χ0) is 19.8. The average molecular weight is 380 g/mol. The third-order valence-electron chi connectivity index (χ3n) is 3.28. The van der Waals surface area contributed by atoms with E-state index in [0.29, 0.717) is 17.1 Å². The van der Waals surface area contributed by atoms with Crippen molar-refractivity contribution in [3.63, 3.8) is 0 Å². The fourth-order valence-corrected chi connectivity index (χ4v) is 2.14. The van der Waals surface area contributed by atoms with Gasteiger partial charge in [0.15, 0.2) is 0 Å². The normalized spacial score (nSPS) is 10.0. The number of rotatable bonds is 6. The largest absolute Gasteiger partial charge is 0.424 e. The van der Waals surface area contributed by atoms with Crippen molar-refractivity contribution >= 4 is 23.3 Å². The first kappa shape index (κ1) is 18.7. The predicted molar refractivity (Wildman–Crippen MR) is 99.9 cm³/mol. The number of carbonyl (C=O) groups excluding carboxylic acids is 2. The minimum atomic E-state index is -0.636. The van der Waals surface area contributed by atoms with Crippen LogP contribution < -0.4 is 20.9 Å². The Bertz CT molecular complexity index is 967. The van der Waals surface area contributed by atoms with Crippen molar-refractivity contribution in [1.29, 1.82) is 0 Å². The van der Waals surface area contributed by atoms with Crippen LogP contribution in [0, 0.1) is 0 Å². The van der Waals surface area contributed by atoms with Gasteiger partial charge in [-0.15, -0.1) is 0 Å². The molecule has 0 aliphatic rings. The number of anilines is 2. The molecule has 1 aromatic heterocycles. The van der Waals surface area contributed by atoms with E-state index in [0.717, 1.165) is 6.33 Å². The summed E-state index contributed by atoms with van der Waals surface area (Å²) in [4.78, 5) is 39.8. The highest BCUT2D eigenvalue weighted by Crippen LogP contribution is 2.21. The Morgan fingerprint density at radius 3 is 2.46 bits per heavy atom. The lowest BCUT2D eigenvalue weighted by atomic mass is 10.3. The molecule has 0 aliphatic heterocycles. The van der Waals surface area contributed by atoms with Crippen LogP contribution in [-0.2, 0) is 4.84 Å². The minimum absolute atomic E-state index is 0.0814. The summed E-state index contributed by atoms with van der Waals surface area (Å²) < 4.78 is 5.53. The molecule has 1 heterocycles. The van der Waals surface area contributed by atoms with Gasteiger partial charge in [-0.05, 0) is 24.3 Å². The Labute approximate surface area is 159 Å². The predicted octanol–water partition coefficient (Wildman–Crippen LogP) is 2.60. The van der Waals surface area contributed by atoms with Crippen LogP contribution in [0.4, 0.5) is 16.2 Å². The number of para-hydroxylation sites is 1. The topological polar surface area (TPSA) is 127 Å². The van der Waals surface area contributed by atoms with Gasteiger partial charge in [-0.2, -0.15) is 9.97 Å². The second-order valence-corrected chi connectivity index (χ2v) is 5.30. The number of urea groups is 1. The van der Waals surface area contributed by atoms with Gasteiger partial charge in [0.2, 0.25) is 5.82 Å². The van der Waals surface area contributed by atoms with Crippen LogP contribution in [0.1, 0.15) is 10.6 Å². The third kappa shape index (κ3) is 5.22. The molecule has 3 amide bonds. The van der Waals surface area contributed by atoms with Crippen LogP contribution in [0.3, 0.4) is 0 Å². The first-order chi connectivity index (χ1) is 13.6. The molecule has 0 saturated carbocycles. The number of hydrogen-bond acceptors (Lipinski definition) is 7. The molecule has 142 valence electrons. The molecule has 10 nitrogen and oxygen atoms in total. The molecule has 0 atom stereocenters. The molecule has 0 radical (unpaired) electrons. The average Bonchev–Trinajstić information content (AvgIpc) is 2.69. The summed E-state index contributed by atoms with van der Waals surface area (Å²) in [5, 5.41) is 5.41. The molecular formula is C18H16N6O4. The summed E-state index contributed by atoms with van der Waals surface area (Å²) >= 11 is 0. The molecule has 0 unspecified atom stereocenters. The third-order valence-corrected chi connectivity index (χ3v) is 3.28. The number of hydrogen-bond donors (Lipinski definition) is 3. The van der Waals surface area contributed by atoms with Crippen molar-refractivity contribution in [1.82, 2.24) is 20.4 Å². The molecule has 0 saturated heterocycles. The lowest BCUT2D eigenvalue weighted by molar-refractivity contribution is 0.0525. The van der Waals surface area contributed by atoms with Crippen molar-refractivity contribution in [2.24, 2.45) is 0 Å². The second kappa shape index (κ2) is 9.05. The Morgan fingerprint density at radius 2 is 1.68 bits per heavy atom. The van der Waals surface area contributed by atoms with Gasteiger partial charge >= 0.3 is 17.9 Å². The molecular weight excluding hydrogens is 364 g/mol. The fourth-order valence-electron chi connectivity index (χ4n) is 2.14. The van der Waals surface area contributed by atoms with Gasteiger partial charge in [0.1, 0.15) is 12.1 Å². The van der Waals surface area contributed by atoms with Crippen molar-refractivity contribution in [2.75, 3.05) is 17.7 Å². The number of ether oxygens (including phenoxy) is 1. The molecule has 0 spiro atoms. The first-order valence-corrected chi connectivity index (χ1v) is 8.07. The maximum Gasteiger partial charge on any atom is 0.325 e. The lowest BCUT2D eigenvalue weighted by Gasteiger charge is -2.09. The van der Waals surface area contributed by atoms with Gasteiger partial charge in [-0.25, -0.2) is 15.3 Å². The smallest absolute Gasteiger partial charge is 0.325 e. The summed E-state index contributed by atoms with van der Waals surface area (Å²) in [6.07, 6.45) is 1.14. The van der Waals surface area contributed by atoms with Crippen LogP contribution >= 0.6 is 0 Å². The molecule has 0 aliphatic carbocycles. The summed E-state index contributed by atoms with van der Waals surface area (Å²) in [7, 11) is 1.29. The van der Waals surface area contributed by atoms with E-state index in [4.69, 9.17) is 4.74 Å². The molecule has 28 heavy (non-hydrogen) atoms. The van der Waals surface area contributed by atoms with Gasteiger partial charge in [0.25, 0.3) is 0 Å². The van der Waals surface area contributed by atoms with Crippen LogP contribution in [0.25, 0.3) is 0 Å². The number of hydroxylamine groups is 1. The van der Waals surface area contributed by atoms with Crippen molar-refractivity contribution < 1.29 is 19.2 Å². The Morgan fingerprint density at radius 1 is 0.929 bits per heavy atom. The first-order valence-electron chi connectivity index (χ1n) is 8.07. The highest BCUT2D eigenvalue weighted by Gasteiger charge is 2.12. The summed E-state index contributed by atoms with van der Waals surface area (Å²) in [5.74, 6) is -0.437. The Balaban J connectivity index is 1.66. The number of carbonyl (C=O) groups is 2. The van der Waals surface area contributed by atoms with Gasteiger partial charge in [0, 0.05) is 17.4 Å². The Kier molecular flexibility index (Phi) is 6.06. The van der Waals surface area contributed by atoms with Crippen molar-refractivity contribution in [3.8, 4) is 11.8 Å². The minimum Gasteiger partial charge on any atom is -0.424 e. The van der Waals surface area contributed by atoms with Gasteiger partial charge in [0.05, 0.1) is 7.11 Å². The summed E-state index contributed by atoms with van der Waals surface area (Å²) in [6.45, 7) is 0. The molecule has 3 aromatic rings. The molecule has 3 rings (SSSR count). The van der Waals surface area contributed by atoms with Crippen molar-refractivity contribution in [2.45, 2.75) is 0 Å². The zero-order valence-corrected chi connectivity index (χ0v) is 14.7. The summed E-state index contributed by atoms with van der Waals surface area (Å²) in [6, 6.07) is 15.2. The second-order valence-electron chi connectivity index (χ2n) is 5.30. The van der Waals surface area contributed by atoms with E-state index in [-0.39, 0.29) is 11.8 Å². The maximum absolute atomic E-state index is 12.1. The van der Waals surface area contributed by atoms with Gasteiger partial charge in [-0.1, -0.05) is 24.3 Å². The van der Waals surface area contributed by atoms with E-state index < -0.39 is 11.9 Å². The van der Waals surface area contributed by atoms with Crippen LogP contribution in [0.5, 0.6) is 11.8 Å². The highest BCUT2D eigenvalue weighted by molar-refractivity contribution is 5.99. The van der Waals surface area contributed by atoms with Gasteiger partial charge < -0.3 is 15.4 Å². The number of amides is 3. The quantitative estimate of drug-likeness (QED) is 0.561. The van der Waals surface area contributed by atoms with Gasteiger partial charge in [-0.3, -0.25) is 9.63 Å². The molecule has 0 bridgehead atoms. The van der Waals surface area contributed by atoms with E-state index >= 15 is 0 Å². The SMILES string of the molecule is CONC(=O)c1ncnc(Oc2cccc(NC(=O)Nc3ccccc3)c2)n1.